The Morgan fingerprint density at radius 3 is 3.21 bits per heavy atom. The number of thioether (sulfide) groups is 1. The van der Waals surface area contributed by atoms with E-state index < -0.39 is 7.05 Å². The molecule has 2 aromatic rings. The smallest absolute Gasteiger partial charge is 0.376 e. The van der Waals surface area contributed by atoms with Gasteiger partial charge in [-0.2, -0.15) is 5.10 Å². The van der Waals surface area contributed by atoms with Gasteiger partial charge in [-0.25, -0.2) is 9.50 Å². The molecule has 2 aromatic heterocycles. The Morgan fingerprint density at radius 1 is 1.58 bits per heavy atom. The van der Waals surface area contributed by atoms with Crippen LogP contribution in [0.4, 0.5) is 0 Å². The third-order valence-electron chi connectivity index (χ3n) is 3.29. The quantitative estimate of drug-likeness (QED) is 0.674. The van der Waals surface area contributed by atoms with Crippen LogP contribution in [0.5, 0.6) is 0 Å². The Labute approximate surface area is 121 Å². The number of aromatic nitrogens is 3. The fraction of sp³-hybridized carbons (Fsp3) is 0.455. The van der Waals surface area contributed by atoms with Crippen molar-refractivity contribution >= 4 is 36.1 Å². The van der Waals surface area contributed by atoms with Crippen LogP contribution in [0.15, 0.2) is 18.3 Å². The Balaban J connectivity index is 1.90. The molecule has 1 aliphatic rings. The Kier molecular flexibility index (Phi) is 3.71. The molecule has 100 valence electrons. The highest BCUT2D eigenvalue weighted by molar-refractivity contribution is 7.99. The second-order valence-corrected chi connectivity index (χ2v) is 6.29. The largest absolute Gasteiger partial charge is 0.437 e. The lowest BCUT2D eigenvalue weighted by atomic mass is 9.84. The molecule has 19 heavy (non-hydrogen) atoms. The summed E-state index contributed by atoms with van der Waals surface area (Å²) in [6, 6.07) is 3.71. The van der Waals surface area contributed by atoms with Crippen LogP contribution >= 0.6 is 23.4 Å². The molecule has 3 rings (SSSR count). The fourth-order valence-corrected chi connectivity index (χ4v) is 3.70. The van der Waals surface area contributed by atoms with Crippen molar-refractivity contribution in [3.8, 4) is 0 Å². The second kappa shape index (κ2) is 5.32. The van der Waals surface area contributed by atoms with Gasteiger partial charge in [0.25, 0.3) is 0 Å². The number of rotatable bonds is 2. The molecule has 1 aliphatic heterocycles. The molecule has 0 radical (unpaired) electrons. The molecular weight excluding hydrogens is 282 g/mol. The fourth-order valence-electron chi connectivity index (χ4n) is 2.25. The SMILES string of the molecule is CB(O)N1CCSC(c2cc(Cl)n3nccc3n2)C1. The summed E-state index contributed by atoms with van der Waals surface area (Å²) in [5.41, 5.74) is 1.71. The van der Waals surface area contributed by atoms with Gasteiger partial charge in [-0.1, -0.05) is 11.6 Å². The third kappa shape index (κ3) is 2.60. The van der Waals surface area contributed by atoms with Gasteiger partial charge in [0.15, 0.2) is 5.65 Å². The predicted molar refractivity (Wildman–Crippen MR) is 78.6 cm³/mol. The molecule has 1 fully saturated rings. The van der Waals surface area contributed by atoms with E-state index >= 15 is 0 Å². The summed E-state index contributed by atoms with van der Waals surface area (Å²) in [7, 11) is -0.419. The van der Waals surface area contributed by atoms with Gasteiger partial charge in [-0.3, -0.25) is 0 Å². The summed E-state index contributed by atoms with van der Waals surface area (Å²) >= 11 is 8.06. The minimum atomic E-state index is -0.419. The summed E-state index contributed by atoms with van der Waals surface area (Å²) in [5.74, 6) is 0.985. The Morgan fingerprint density at radius 2 is 2.42 bits per heavy atom. The van der Waals surface area contributed by atoms with E-state index in [0.29, 0.717) is 5.15 Å². The van der Waals surface area contributed by atoms with E-state index in [1.807, 2.05) is 23.9 Å². The van der Waals surface area contributed by atoms with E-state index in [4.69, 9.17) is 11.6 Å². The molecular formula is C11H14BClN4OS. The highest BCUT2D eigenvalue weighted by atomic mass is 35.5. The van der Waals surface area contributed by atoms with Crippen LogP contribution in [-0.4, -0.2) is 50.3 Å². The van der Waals surface area contributed by atoms with Gasteiger partial charge in [0.05, 0.1) is 17.1 Å². The molecule has 1 atom stereocenters. The minimum Gasteiger partial charge on any atom is -0.437 e. The molecule has 0 aliphatic carbocycles. The number of hydrogen-bond donors (Lipinski definition) is 1. The molecule has 3 heterocycles. The van der Waals surface area contributed by atoms with Crippen molar-refractivity contribution in [2.75, 3.05) is 18.8 Å². The summed E-state index contributed by atoms with van der Waals surface area (Å²) in [4.78, 5) is 6.65. The maximum atomic E-state index is 9.69. The molecule has 0 bridgehead atoms. The summed E-state index contributed by atoms with van der Waals surface area (Å²) < 4.78 is 1.62. The van der Waals surface area contributed by atoms with Gasteiger partial charge in [-0.15, -0.1) is 11.8 Å². The van der Waals surface area contributed by atoms with Gasteiger partial charge in [0.1, 0.15) is 5.15 Å². The second-order valence-electron chi connectivity index (χ2n) is 4.59. The van der Waals surface area contributed by atoms with Gasteiger partial charge in [0, 0.05) is 18.4 Å². The average Bonchev–Trinajstić information content (AvgIpc) is 2.87. The Bertz CT molecular complexity index is 593. The zero-order valence-electron chi connectivity index (χ0n) is 10.5. The lowest BCUT2D eigenvalue weighted by Gasteiger charge is -2.32. The van der Waals surface area contributed by atoms with E-state index in [2.05, 4.69) is 14.9 Å². The Hall–Kier alpha value is -0.755. The summed E-state index contributed by atoms with van der Waals surface area (Å²) in [5, 5.41) is 14.6. The molecule has 0 saturated carbocycles. The van der Waals surface area contributed by atoms with E-state index in [-0.39, 0.29) is 5.25 Å². The standard InChI is InChI=1S/C11H14BClN4OS/c1-12(18)16-4-5-19-9(7-16)8-6-10(13)17-11(15-8)2-3-14-17/h2-3,6,9,18H,4-5,7H2,1H3. The lowest BCUT2D eigenvalue weighted by molar-refractivity contribution is 0.373. The van der Waals surface area contributed by atoms with E-state index in [1.54, 1.807) is 17.5 Å². The van der Waals surface area contributed by atoms with Crippen LogP contribution in [0.1, 0.15) is 10.9 Å². The van der Waals surface area contributed by atoms with Crippen molar-refractivity contribution in [2.24, 2.45) is 0 Å². The first-order chi connectivity index (χ1) is 9.15. The van der Waals surface area contributed by atoms with E-state index in [0.717, 1.165) is 30.2 Å². The van der Waals surface area contributed by atoms with Crippen molar-refractivity contribution in [3.05, 3.63) is 29.2 Å². The van der Waals surface area contributed by atoms with E-state index in [9.17, 15) is 5.02 Å². The van der Waals surface area contributed by atoms with E-state index in [1.165, 1.54) is 0 Å². The minimum absolute atomic E-state index is 0.237. The highest BCUT2D eigenvalue weighted by Gasteiger charge is 2.27. The van der Waals surface area contributed by atoms with Gasteiger partial charge >= 0.3 is 7.05 Å². The van der Waals surface area contributed by atoms with Crippen LogP contribution in [0.25, 0.3) is 5.65 Å². The molecule has 1 N–H and O–H groups in total. The molecule has 0 amide bonds. The molecule has 8 heteroatoms. The maximum absolute atomic E-state index is 9.69. The predicted octanol–water partition coefficient (Wildman–Crippen LogP) is 1.58. The zero-order chi connectivity index (χ0) is 13.4. The monoisotopic (exact) mass is 296 g/mol. The highest BCUT2D eigenvalue weighted by Crippen LogP contribution is 2.33. The topological polar surface area (TPSA) is 53.7 Å². The van der Waals surface area contributed by atoms with Crippen LogP contribution in [0.3, 0.4) is 0 Å². The van der Waals surface area contributed by atoms with Crippen LogP contribution < -0.4 is 0 Å². The van der Waals surface area contributed by atoms with Crippen molar-refractivity contribution < 1.29 is 5.02 Å². The zero-order valence-corrected chi connectivity index (χ0v) is 12.1. The number of fused-ring (bicyclic) bond motifs is 1. The van der Waals surface area contributed by atoms with Crippen molar-refractivity contribution in [2.45, 2.75) is 12.1 Å². The number of halogens is 1. The summed E-state index contributed by atoms with van der Waals surface area (Å²) in [6.07, 6.45) is 1.69. The average molecular weight is 297 g/mol. The molecule has 0 spiro atoms. The first-order valence-corrected chi connectivity index (χ1v) is 7.62. The van der Waals surface area contributed by atoms with Crippen LogP contribution in [0, 0.1) is 0 Å². The first kappa shape index (κ1) is 13.2. The van der Waals surface area contributed by atoms with Crippen molar-refractivity contribution in [3.63, 3.8) is 0 Å². The van der Waals surface area contributed by atoms with Gasteiger partial charge in [-0.05, 0) is 19.4 Å². The number of nitrogens with zero attached hydrogens (tertiary/aromatic N) is 4. The summed E-state index contributed by atoms with van der Waals surface area (Å²) in [6.45, 7) is 3.49. The molecule has 1 unspecified atom stereocenters. The van der Waals surface area contributed by atoms with Crippen molar-refractivity contribution in [1.82, 2.24) is 19.4 Å². The normalized spacial score (nSPS) is 20.9. The van der Waals surface area contributed by atoms with Gasteiger partial charge < -0.3 is 9.83 Å². The van der Waals surface area contributed by atoms with Crippen LogP contribution in [0.2, 0.25) is 12.0 Å². The van der Waals surface area contributed by atoms with Crippen LogP contribution in [-0.2, 0) is 0 Å². The molecule has 0 aromatic carbocycles. The molecule has 5 nitrogen and oxygen atoms in total. The van der Waals surface area contributed by atoms with Crippen molar-refractivity contribution in [1.29, 1.82) is 0 Å². The maximum Gasteiger partial charge on any atom is 0.376 e. The third-order valence-corrected chi connectivity index (χ3v) is 4.77. The van der Waals surface area contributed by atoms with Gasteiger partial charge in [0.2, 0.25) is 0 Å². The lowest BCUT2D eigenvalue weighted by Crippen LogP contribution is -2.43. The number of hydrogen-bond acceptors (Lipinski definition) is 5. The molecule has 1 saturated heterocycles. The first-order valence-electron chi connectivity index (χ1n) is 6.19.